The van der Waals surface area contributed by atoms with Crippen LogP contribution in [-0.2, 0) is 16.6 Å². The third-order valence-corrected chi connectivity index (χ3v) is 4.82. The van der Waals surface area contributed by atoms with Gasteiger partial charge in [-0.3, -0.25) is 9.48 Å². The molecule has 1 aromatic carbocycles. The molecule has 0 fully saturated rings. The minimum Gasteiger partial charge on any atom is -0.463 e. The second kappa shape index (κ2) is 7.64. The van der Waals surface area contributed by atoms with Gasteiger partial charge in [-0.25, -0.2) is 9.48 Å². The van der Waals surface area contributed by atoms with Crippen LogP contribution in [0.2, 0.25) is 0 Å². The van der Waals surface area contributed by atoms with Crippen molar-refractivity contribution in [1.82, 2.24) is 9.36 Å². The maximum atomic E-state index is 13.0. The lowest BCUT2D eigenvalue weighted by molar-refractivity contribution is -0.138. The Hall–Kier alpha value is -2.76. The Morgan fingerprint density at radius 2 is 1.88 bits per heavy atom. The van der Waals surface area contributed by atoms with Crippen LogP contribution in [0.25, 0.3) is 5.69 Å². The van der Waals surface area contributed by atoms with E-state index in [0.29, 0.717) is 24.3 Å². The molecule has 3 rings (SSSR count). The normalized spacial score (nSPS) is 14.4. The van der Waals surface area contributed by atoms with Crippen molar-refractivity contribution >= 4 is 11.7 Å². The zero-order chi connectivity index (χ0) is 18.7. The van der Waals surface area contributed by atoms with E-state index < -0.39 is 0 Å². The Morgan fingerprint density at radius 1 is 1.19 bits per heavy atom. The smallest absolute Gasteiger partial charge is 0.335 e. The average Bonchev–Trinajstić information content (AvgIpc) is 2.86. The lowest BCUT2D eigenvalue weighted by Crippen LogP contribution is -2.22. The van der Waals surface area contributed by atoms with Gasteiger partial charge in [-0.2, -0.15) is 0 Å². The highest BCUT2D eigenvalue weighted by Crippen LogP contribution is 2.27. The van der Waals surface area contributed by atoms with E-state index >= 15 is 0 Å². The molecule has 0 spiro atoms. The predicted molar refractivity (Wildman–Crippen MR) is 101 cm³/mol. The van der Waals surface area contributed by atoms with Crippen molar-refractivity contribution in [3.63, 3.8) is 0 Å². The molecule has 6 heteroatoms. The van der Waals surface area contributed by atoms with Crippen LogP contribution in [-0.4, -0.2) is 21.9 Å². The Morgan fingerprint density at radius 3 is 2.58 bits per heavy atom. The molecule has 0 aliphatic heterocycles. The molecule has 0 bridgehead atoms. The topological polar surface area (TPSA) is 65.3 Å². The van der Waals surface area contributed by atoms with Crippen molar-refractivity contribution in [2.45, 2.75) is 39.5 Å². The summed E-state index contributed by atoms with van der Waals surface area (Å²) < 4.78 is 8.64. The van der Waals surface area contributed by atoms with Gasteiger partial charge in [-0.15, -0.1) is 0 Å². The Labute approximate surface area is 153 Å². The summed E-state index contributed by atoms with van der Waals surface area (Å²) >= 11 is 0. The van der Waals surface area contributed by atoms with Crippen LogP contribution in [0.1, 0.15) is 38.3 Å². The summed E-state index contributed by atoms with van der Waals surface area (Å²) in [5, 5.41) is 3.26. The van der Waals surface area contributed by atoms with Gasteiger partial charge in [-0.1, -0.05) is 18.2 Å². The fraction of sp³-hybridized carbons (Fsp3) is 0.400. The fourth-order valence-corrected chi connectivity index (χ4v) is 3.35. The van der Waals surface area contributed by atoms with Gasteiger partial charge in [0.15, 0.2) is 0 Å². The van der Waals surface area contributed by atoms with Crippen molar-refractivity contribution in [3.8, 4) is 5.69 Å². The van der Waals surface area contributed by atoms with Crippen molar-refractivity contribution in [3.05, 3.63) is 57.6 Å². The van der Waals surface area contributed by atoms with Crippen molar-refractivity contribution < 1.29 is 9.53 Å². The molecule has 6 nitrogen and oxygen atoms in total. The van der Waals surface area contributed by atoms with Crippen LogP contribution in [0.4, 0.5) is 5.69 Å². The first kappa shape index (κ1) is 18.0. The van der Waals surface area contributed by atoms with Crippen LogP contribution >= 0.6 is 0 Å². The van der Waals surface area contributed by atoms with Crippen LogP contribution in [0.5, 0.6) is 0 Å². The minimum absolute atomic E-state index is 0.127. The molecule has 138 valence electrons. The standard InChI is InChI=1S/C20H25N3O3/c1-4-26-20(25)16-12-8-9-13-17(16)21-18-14(2)22(3)23(19(18)24)15-10-6-5-7-11-15/h5-7,10-11,21H,4,8-9,12-13H2,1-3H3. The number of hydrogen-bond donors (Lipinski definition) is 1. The van der Waals surface area contributed by atoms with E-state index in [0.717, 1.165) is 36.3 Å². The number of esters is 1. The van der Waals surface area contributed by atoms with E-state index in [4.69, 9.17) is 4.74 Å². The predicted octanol–water partition coefficient (Wildman–Crippen LogP) is 3.29. The number of nitrogens with zero attached hydrogens (tertiary/aromatic N) is 2. The first-order valence-electron chi connectivity index (χ1n) is 9.04. The molecule has 0 unspecified atom stereocenters. The molecule has 1 aliphatic carbocycles. The monoisotopic (exact) mass is 355 g/mol. The number of nitrogens with one attached hydrogen (secondary N) is 1. The molecule has 1 aromatic heterocycles. The van der Waals surface area contributed by atoms with Crippen LogP contribution in [0.15, 0.2) is 46.4 Å². The average molecular weight is 355 g/mol. The van der Waals surface area contributed by atoms with Crippen molar-refractivity contribution in [1.29, 1.82) is 0 Å². The molecule has 2 aromatic rings. The molecule has 1 heterocycles. The van der Waals surface area contributed by atoms with E-state index in [-0.39, 0.29) is 11.5 Å². The number of aromatic nitrogens is 2. The van der Waals surface area contributed by atoms with Gasteiger partial charge in [0.25, 0.3) is 5.56 Å². The Kier molecular flexibility index (Phi) is 5.30. The van der Waals surface area contributed by atoms with Gasteiger partial charge in [0.1, 0.15) is 5.69 Å². The first-order chi connectivity index (χ1) is 12.5. The SMILES string of the molecule is CCOC(=O)C1=C(Nc2c(C)n(C)n(-c3ccccc3)c2=O)CCCC1. The number of hydrogen-bond acceptors (Lipinski definition) is 4. The molecule has 0 amide bonds. The van der Waals surface area contributed by atoms with Crippen molar-refractivity contribution in [2.24, 2.45) is 7.05 Å². The maximum absolute atomic E-state index is 13.0. The van der Waals surface area contributed by atoms with Crippen LogP contribution in [0, 0.1) is 6.92 Å². The van der Waals surface area contributed by atoms with E-state index in [1.807, 2.05) is 49.0 Å². The number of allylic oxidation sites excluding steroid dienone is 1. The third-order valence-electron chi connectivity index (χ3n) is 4.82. The van der Waals surface area contributed by atoms with Gasteiger partial charge < -0.3 is 10.1 Å². The van der Waals surface area contributed by atoms with Gasteiger partial charge in [-0.05, 0) is 51.7 Å². The lowest BCUT2D eigenvalue weighted by atomic mass is 9.96. The largest absolute Gasteiger partial charge is 0.463 e. The van der Waals surface area contributed by atoms with E-state index in [9.17, 15) is 9.59 Å². The number of rotatable bonds is 5. The molecule has 0 radical (unpaired) electrons. The fourth-order valence-electron chi connectivity index (χ4n) is 3.35. The Bertz CT molecular complexity index is 891. The van der Waals surface area contributed by atoms with Gasteiger partial charge in [0.2, 0.25) is 0 Å². The zero-order valence-electron chi connectivity index (χ0n) is 15.5. The summed E-state index contributed by atoms with van der Waals surface area (Å²) in [6.07, 6.45) is 3.37. The summed E-state index contributed by atoms with van der Waals surface area (Å²) in [6, 6.07) is 9.52. The molecule has 0 atom stereocenters. The summed E-state index contributed by atoms with van der Waals surface area (Å²) in [4.78, 5) is 25.3. The highest BCUT2D eigenvalue weighted by Gasteiger charge is 2.23. The molecular formula is C20H25N3O3. The number of ether oxygens (including phenoxy) is 1. The second-order valence-corrected chi connectivity index (χ2v) is 6.45. The van der Waals surface area contributed by atoms with E-state index in [1.54, 1.807) is 11.6 Å². The third kappa shape index (κ3) is 3.31. The number of para-hydroxylation sites is 1. The van der Waals surface area contributed by atoms with Gasteiger partial charge in [0, 0.05) is 12.7 Å². The van der Waals surface area contributed by atoms with E-state index in [2.05, 4.69) is 5.32 Å². The first-order valence-corrected chi connectivity index (χ1v) is 9.04. The Balaban J connectivity index is 2.03. The molecule has 0 saturated heterocycles. The zero-order valence-corrected chi connectivity index (χ0v) is 15.5. The number of anilines is 1. The lowest BCUT2D eigenvalue weighted by Gasteiger charge is -2.20. The molecule has 0 saturated carbocycles. The molecular weight excluding hydrogens is 330 g/mol. The molecule has 26 heavy (non-hydrogen) atoms. The minimum atomic E-state index is -0.285. The van der Waals surface area contributed by atoms with Gasteiger partial charge >= 0.3 is 5.97 Å². The highest BCUT2D eigenvalue weighted by atomic mass is 16.5. The number of carbonyl (C=O) groups is 1. The summed E-state index contributed by atoms with van der Waals surface area (Å²) in [7, 11) is 1.86. The second-order valence-electron chi connectivity index (χ2n) is 6.45. The van der Waals surface area contributed by atoms with Gasteiger partial charge in [0.05, 0.1) is 23.6 Å². The van der Waals surface area contributed by atoms with Crippen molar-refractivity contribution in [2.75, 3.05) is 11.9 Å². The summed E-state index contributed by atoms with van der Waals surface area (Å²) in [5.41, 5.74) is 3.47. The number of carbonyl (C=O) groups excluding carboxylic acids is 1. The quantitative estimate of drug-likeness (QED) is 0.836. The van der Waals surface area contributed by atoms with Crippen LogP contribution in [0.3, 0.4) is 0 Å². The summed E-state index contributed by atoms with van der Waals surface area (Å²) in [5.74, 6) is -0.285. The van der Waals surface area contributed by atoms with E-state index in [1.165, 1.54) is 0 Å². The molecule has 1 aliphatic rings. The summed E-state index contributed by atoms with van der Waals surface area (Å²) in [6.45, 7) is 4.05. The number of benzene rings is 1. The maximum Gasteiger partial charge on any atom is 0.335 e. The highest BCUT2D eigenvalue weighted by molar-refractivity contribution is 5.90. The molecule has 1 N–H and O–H groups in total. The van der Waals surface area contributed by atoms with Crippen LogP contribution < -0.4 is 10.9 Å².